The van der Waals surface area contributed by atoms with Crippen LogP contribution in [0.2, 0.25) is 0 Å². The molecule has 0 aromatic carbocycles. The molecule has 0 saturated heterocycles. The standard InChI is InChI=1S/C8H4BrN5/c9-7-4-12-14(5-7)8-1-6(2-10)3-11-13-8/h1,3-5H. The van der Waals surface area contributed by atoms with Crippen LogP contribution in [0.5, 0.6) is 0 Å². The van der Waals surface area contributed by atoms with Gasteiger partial charge in [-0.25, -0.2) is 4.68 Å². The van der Waals surface area contributed by atoms with Crippen molar-refractivity contribution in [2.45, 2.75) is 0 Å². The molecule has 0 atom stereocenters. The molecule has 0 fully saturated rings. The summed E-state index contributed by atoms with van der Waals surface area (Å²) >= 11 is 3.27. The lowest BCUT2D eigenvalue weighted by molar-refractivity contribution is 0.812. The maximum absolute atomic E-state index is 8.66. The summed E-state index contributed by atoms with van der Waals surface area (Å²) < 4.78 is 2.39. The Hall–Kier alpha value is -1.74. The number of nitriles is 1. The Morgan fingerprint density at radius 2 is 2.29 bits per heavy atom. The summed E-state index contributed by atoms with van der Waals surface area (Å²) in [6, 6.07) is 3.61. The minimum absolute atomic E-state index is 0.460. The number of aromatic nitrogens is 4. The van der Waals surface area contributed by atoms with Crippen molar-refractivity contribution in [3.63, 3.8) is 0 Å². The van der Waals surface area contributed by atoms with Crippen molar-refractivity contribution in [3.05, 3.63) is 34.7 Å². The van der Waals surface area contributed by atoms with Crippen LogP contribution in [0.4, 0.5) is 0 Å². The van der Waals surface area contributed by atoms with E-state index < -0.39 is 0 Å². The predicted octanol–water partition coefficient (Wildman–Crippen LogP) is 1.30. The summed E-state index contributed by atoms with van der Waals surface area (Å²) in [4.78, 5) is 0. The van der Waals surface area contributed by atoms with Crippen LogP contribution in [-0.4, -0.2) is 20.0 Å². The molecule has 0 amide bonds. The maximum atomic E-state index is 8.66. The molecule has 2 aromatic heterocycles. The monoisotopic (exact) mass is 249 g/mol. The van der Waals surface area contributed by atoms with E-state index in [9.17, 15) is 0 Å². The summed E-state index contributed by atoms with van der Waals surface area (Å²) in [7, 11) is 0. The molecule has 2 rings (SSSR count). The molecule has 14 heavy (non-hydrogen) atoms. The topological polar surface area (TPSA) is 67.4 Å². The summed E-state index contributed by atoms with van der Waals surface area (Å²) in [6.07, 6.45) is 4.79. The first-order valence-electron chi connectivity index (χ1n) is 3.73. The number of hydrogen-bond donors (Lipinski definition) is 0. The van der Waals surface area contributed by atoms with Gasteiger partial charge >= 0.3 is 0 Å². The summed E-state index contributed by atoms with van der Waals surface area (Å²) in [5.41, 5.74) is 0.460. The van der Waals surface area contributed by atoms with Gasteiger partial charge in [0, 0.05) is 12.3 Å². The van der Waals surface area contributed by atoms with Gasteiger partial charge in [0.25, 0.3) is 0 Å². The minimum Gasteiger partial charge on any atom is -0.220 e. The van der Waals surface area contributed by atoms with Crippen LogP contribution in [0.3, 0.4) is 0 Å². The van der Waals surface area contributed by atoms with Crippen LogP contribution >= 0.6 is 15.9 Å². The van der Waals surface area contributed by atoms with E-state index in [1.165, 1.54) is 10.9 Å². The molecule has 6 heteroatoms. The number of nitrogens with zero attached hydrogens (tertiary/aromatic N) is 5. The normalized spacial score (nSPS) is 9.71. The SMILES string of the molecule is N#Cc1cnnc(-n2cc(Br)cn2)c1. The highest BCUT2D eigenvalue weighted by Crippen LogP contribution is 2.10. The number of rotatable bonds is 1. The Labute approximate surface area is 88.1 Å². The van der Waals surface area contributed by atoms with Crippen LogP contribution in [-0.2, 0) is 0 Å². The quantitative estimate of drug-likeness (QED) is 0.764. The lowest BCUT2D eigenvalue weighted by atomic mass is 10.3. The largest absolute Gasteiger partial charge is 0.220 e. The van der Waals surface area contributed by atoms with Crippen molar-refractivity contribution in [2.24, 2.45) is 0 Å². The second kappa shape index (κ2) is 3.55. The third-order valence-electron chi connectivity index (χ3n) is 1.56. The second-order valence-corrected chi connectivity index (χ2v) is 3.43. The van der Waals surface area contributed by atoms with Crippen molar-refractivity contribution in [1.29, 1.82) is 5.26 Å². The van der Waals surface area contributed by atoms with Gasteiger partial charge < -0.3 is 0 Å². The molecule has 2 heterocycles. The van der Waals surface area contributed by atoms with Gasteiger partial charge in [0.1, 0.15) is 6.07 Å². The molecule has 68 valence electrons. The van der Waals surface area contributed by atoms with Crippen molar-refractivity contribution >= 4 is 15.9 Å². The zero-order valence-corrected chi connectivity index (χ0v) is 8.51. The van der Waals surface area contributed by atoms with Crippen LogP contribution in [0, 0.1) is 11.3 Å². The lowest BCUT2D eigenvalue weighted by Gasteiger charge is -1.97. The van der Waals surface area contributed by atoms with Gasteiger partial charge in [-0.1, -0.05) is 0 Å². The Morgan fingerprint density at radius 3 is 2.93 bits per heavy atom. The van der Waals surface area contributed by atoms with Crippen LogP contribution in [0.1, 0.15) is 5.56 Å². The van der Waals surface area contributed by atoms with E-state index in [1.54, 1.807) is 18.5 Å². The zero-order valence-electron chi connectivity index (χ0n) is 6.92. The zero-order chi connectivity index (χ0) is 9.97. The summed E-state index contributed by atoms with van der Waals surface area (Å²) in [5.74, 6) is 0.523. The molecule has 0 saturated carbocycles. The van der Waals surface area contributed by atoms with Gasteiger partial charge in [-0.05, 0) is 15.9 Å². The molecular formula is C8H4BrN5. The van der Waals surface area contributed by atoms with Gasteiger partial charge in [0.15, 0.2) is 5.82 Å². The number of halogens is 1. The molecule has 0 aliphatic rings. The van der Waals surface area contributed by atoms with Crippen LogP contribution in [0.15, 0.2) is 29.1 Å². The van der Waals surface area contributed by atoms with E-state index in [4.69, 9.17) is 5.26 Å². The Bertz CT molecular complexity index is 498. The first-order chi connectivity index (χ1) is 6.79. The minimum atomic E-state index is 0.460. The molecule has 0 aliphatic heterocycles. The van der Waals surface area contributed by atoms with E-state index in [1.807, 2.05) is 6.07 Å². The average molecular weight is 250 g/mol. The molecule has 0 unspecified atom stereocenters. The van der Waals surface area contributed by atoms with Crippen molar-refractivity contribution < 1.29 is 0 Å². The first-order valence-corrected chi connectivity index (χ1v) is 4.52. The third-order valence-corrected chi connectivity index (χ3v) is 1.97. The van der Waals surface area contributed by atoms with Crippen molar-refractivity contribution in [1.82, 2.24) is 20.0 Å². The maximum Gasteiger partial charge on any atom is 0.176 e. The fourth-order valence-corrected chi connectivity index (χ4v) is 1.24. The Kier molecular flexibility index (Phi) is 2.24. The summed E-state index contributed by atoms with van der Waals surface area (Å²) in [5, 5.41) is 20.2. The highest BCUT2D eigenvalue weighted by Gasteiger charge is 2.01. The molecule has 0 bridgehead atoms. The predicted molar refractivity (Wildman–Crippen MR) is 51.6 cm³/mol. The van der Waals surface area contributed by atoms with Crippen molar-refractivity contribution in [2.75, 3.05) is 0 Å². The van der Waals surface area contributed by atoms with Crippen molar-refractivity contribution in [3.8, 4) is 11.9 Å². The Morgan fingerprint density at radius 1 is 1.43 bits per heavy atom. The van der Waals surface area contributed by atoms with Gasteiger partial charge in [0.05, 0.1) is 22.4 Å². The molecular weight excluding hydrogens is 246 g/mol. The van der Waals surface area contributed by atoms with Crippen LogP contribution in [0.25, 0.3) is 5.82 Å². The molecule has 0 radical (unpaired) electrons. The van der Waals surface area contributed by atoms with Crippen LogP contribution < -0.4 is 0 Å². The van der Waals surface area contributed by atoms with E-state index in [-0.39, 0.29) is 0 Å². The fraction of sp³-hybridized carbons (Fsp3) is 0. The highest BCUT2D eigenvalue weighted by molar-refractivity contribution is 9.10. The van der Waals surface area contributed by atoms with Gasteiger partial charge in [-0.15, -0.1) is 5.10 Å². The average Bonchev–Trinajstić information content (AvgIpc) is 2.65. The lowest BCUT2D eigenvalue weighted by Crippen LogP contribution is -1.99. The highest BCUT2D eigenvalue weighted by atomic mass is 79.9. The third kappa shape index (κ3) is 1.63. The molecule has 2 aromatic rings. The smallest absolute Gasteiger partial charge is 0.176 e. The first kappa shape index (κ1) is 8.84. The summed E-state index contributed by atoms with van der Waals surface area (Å²) in [6.45, 7) is 0. The Balaban J connectivity index is 2.47. The fourth-order valence-electron chi connectivity index (χ4n) is 0.955. The van der Waals surface area contributed by atoms with Gasteiger partial charge in [-0.2, -0.15) is 15.5 Å². The van der Waals surface area contributed by atoms with Gasteiger partial charge in [-0.3, -0.25) is 0 Å². The van der Waals surface area contributed by atoms with E-state index in [0.29, 0.717) is 11.4 Å². The van der Waals surface area contributed by atoms with E-state index >= 15 is 0 Å². The van der Waals surface area contributed by atoms with Gasteiger partial charge in [0.2, 0.25) is 0 Å². The number of hydrogen-bond acceptors (Lipinski definition) is 4. The second-order valence-electron chi connectivity index (χ2n) is 2.52. The molecule has 0 aliphatic carbocycles. The molecule has 0 N–H and O–H groups in total. The molecule has 5 nitrogen and oxygen atoms in total. The molecule has 0 spiro atoms. The van der Waals surface area contributed by atoms with E-state index in [2.05, 4.69) is 31.2 Å². The van der Waals surface area contributed by atoms with E-state index in [0.717, 1.165) is 4.47 Å².